The third-order valence-electron chi connectivity index (χ3n) is 6.77. The number of halogens is 12. The molecule has 3 nitrogen and oxygen atoms in total. The van der Waals surface area contributed by atoms with Gasteiger partial charge in [0, 0.05) is 22.6 Å². The molecule has 0 aliphatic heterocycles. The second-order valence-corrected chi connectivity index (χ2v) is 16.0. The van der Waals surface area contributed by atoms with Crippen molar-refractivity contribution in [2.24, 2.45) is 0 Å². The van der Waals surface area contributed by atoms with Gasteiger partial charge in [-0.25, -0.2) is 0 Å². The summed E-state index contributed by atoms with van der Waals surface area (Å²) in [6.45, 7) is 2.84. The normalized spacial score (nSPS) is 14.3. The van der Waals surface area contributed by atoms with Crippen LogP contribution in [0.25, 0.3) is 0 Å². The summed E-state index contributed by atoms with van der Waals surface area (Å²) < 4.78 is 187. The maximum Gasteiger partial charge on any atom is 0.441 e. The fourth-order valence-corrected chi connectivity index (χ4v) is 8.70. The summed E-state index contributed by atoms with van der Waals surface area (Å²) in [5, 5.41) is 0. The molecule has 0 aliphatic carbocycles. The first kappa shape index (κ1) is 43.9. The van der Waals surface area contributed by atoms with Gasteiger partial charge in [0.25, 0.3) is 0 Å². The minimum absolute atomic E-state index is 0.0580. The van der Waals surface area contributed by atoms with E-state index in [9.17, 15) is 61.8 Å². The van der Waals surface area contributed by atoms with Crippen LogP contribution in [0.5, 0.6) is 11.5 Å². The number of alkyl halides is 12. The molecular formula is C30H34F12O3S4. The highest BCUT2D eigenvalue weighted by Gasteiger charge is 2.39. The van der Waals surface area contributed by atoms with Crippen molar-refractivity contribution < 1.29 is 66.5 Å². The van der Waals surface area contributed by atoms with Gasteiger partial charge < -0.3 is 13.8 Å². The smallest absolute Gasteiger partial charge is 0.441 e. The van der Waals surface area contributed by atoms with Crippen molar-refractivity contribution in [3.63, 3.8) is 0 Å². The molecule has 0 heterocycles. The van der Waals surface area contributed by atoms with E-state index in [4.69, 9.17) is 4.74 Å². The third kappa shape index (κ3) is 16.7. The summed E-state index contributed by atoms with van der Waals surface area (Å²) in [5.41, 5.74) is -8.30. The van der Waals surface area contributed by atoms with Crippen molar-refractivity contribution in [3.8, 4) is 11.5 Å². The quantitative estimate of drug-likeness (QED) is 0.0854. The fraction of sp³-hybridized carbons (Fsp3) is 0.600. The van der Waals surface area contributed by atoms with E-state index in [1.807, 2.05) is 0 Å². The molecule has 0 saturated carbocycles. The molecule has 19 heteroatoms. The number of thioether (sulfide) groups is 2. The first-order valence-corrected chi connectivity index (χ1v) is 19.3. The van der Waals surface area contributed by atoms with Crippen molar-refractivity contribution in [2.75, 3.05) is 23.0 Å². The zero-order chi connectivity index (χ0) is 37.2. The Bertz CT molecular complexity index is 1230. The fourth-order valence-electron chi connectivity index (χ4n) is 4.85. The lowest BCUT2D eigenvalue weighted by atomic mass is 10.0. The Hall–Kier alpha value is -1.28. The van der Waals surface area contributed by atoms with Crippen molar-refractivity contribution in [1.29, 1.82) is 0 Å². The molecule has 2 atom stereocenters. The van der Waals surface area contributed by atoms with Crippen LogP contribution < -0.4 is 4.74 Å². The maximum absolute atomic E-state index is 13.3. The molecule has 0 bridgehead atoms. The Morgan fingerprint density at radius 3 is 1.20 bits per heavy atom. The van der Waals surface area contributed by atoms with Crippen molar-refractivity contribution in [3.05, 3.63) is 46.5 Å². The van der Waals surface area contributed by atoms with E-state index < -0.39 is 57.2 Å². The zero-order valence-electron chi connectivity index (χ0n) is 26.2. The molecule has 2 rings (SSSR count). The molecule has 0 amide bonds. The number of rotatable bonds is 18. The van der Waals surface area contributed by atoms with Gasteiger partial charge in [0.05, 0.1) is 11.1 Å². The Labute approximate surface area is 291 Å². The maximum atomic E-state index is 13.3. The van der Waals surface area contributed by atoms with Gasteiger partial charge in [0.1, 0.15) is 11.5 Å². The van der Waals surface area contributed by atoms with Crippen LogP contribution in [0.1, 0.15) is 60.8 Å². The van der Waals surface area contributed by atoms with E-state index in [0.717, 1.165) is 0 Å². The van der Waals surface area contributed by atoms with Crippen LogP contribution in [-0.4, -0.2) is 55.5 Å². The number of hydrogen-bond donors (Lipinski definition) is 0. The van der Waals surface area contributed by atoms with Crippen molar-refractivity contribution in [1.82, 2.24) is 0 Å². The largest absolute Gasteiger partial charge is 0.611 e. The number of benzene rings is 2. The summed E-state index contributed by atoms with van der Waals surface area (Å²) in [5.74, 6) is -4.11. The van der Waals surface area contributed by atoms with Crippen LogP contribution in [0.3, 0.4) is 0 Å². The van der Waals surface area contributed by atoms with Gasteiger partial charge in [-0.3, -0.25) is 0 Å². The van der Waals surface area contributed by atoms with Gasteiger partial charge in [-0.1, -0.05) is 48.5 Å². The average Bonchev–Trinajstić information content (AvgIpc) is 2.91. The monoisotopic (exact) mass is 798 g/mol. The lowest BCUT2D eigenvalue weighted by molar-refractivity contribution is -0.107. The molecular weight excluding hydrogens is 765 g/mol. The zero-order valence-corrected chi connectivity index (χ0v) is 29.5. The highest BCUT2D eigenvalue weighted by atomic mass is 32.2. The predicted molar refractivity (Wildman–Crippen MR) is 169 cm³/mol. The lowest BCUT2D eigenvalue weighted by Gasteiger charge is -2.23. The molecule has 2 aromatic rings. The van der Waals surface area contributed by atoms with E-state index in [2.05, 4.69) is 0 Å². The van der Waals surface area contributed by atoms with Gasteiger partial charge in [-0.15, -0.1) is 0 Å². The van der Waals surface area contributed by atoms with Crippen LogP contribution >= 0.6 is 23.5 Å². The molecule has 0 fully saturated rings. The van der Waals surface area contributed by atoms with Crippen LogP contribution in [0.4, 0.5) is 52.7 Å². The van der Waals surface area contributed by atoms with E-state index >= 15 is 0 Å². The lowest BCUT2D eigenvalue weighted by Crippen LogP contribution is -2.25. The van der Waals surface area contributed by atoms with E-state index in [-0.39, 0.29) is 130 Å². The number of hydrogen-bond acceptors (Lipinski definition) is 5. The highest BCUT2D eigenvalue weighted by Crippen LogP contribution is 2.41. The molecule has 0 aliphatic rings. The third-order valence-corrected chi connectivity index (χ3v) is 11.6. The molecule has 0 radical (unpaired) electrons. The standard InChI is InChI=1S/C30H34F12O3S4/c1-19-11-13-23(21(25(19)48(43)17-27(31,32)33)9-5-3-7-15-46-29(37,38)39)45-24-14-12-20(2)26(49(44)18-28(34,35)36)22(24)10-6-4-8-16-47-30(40,41)42/h11-14H,3-10,15-18H2,1-2H3. The van der Waals surface area contributed by atoms with Crippen LogP contribution in [0.15, 0.2) is 34.1 Å². The number of ether oxygens (including phenoxy) is 1. The molecule has 0 saturated heterocycles. The molecule has 49 heavy (non-hydrogen) atoms. The van der Waals surface area contributed by atoms with Crippen LogP contribution in [0, 0.1) is 13.8 Å². The molecule has 280 valence electrons. The van der Waals surface area contributed by atoms with E-state index in [1.54, 1.807) is 0 Å². The first-order chi connectivity index (χ1) is 22.5. The number of unbranched alkanes of at least 4 members (excludes halogenated alkanes) is 4. The van der Waals surface area contributed by atoms with Crippen molar-refractivity contribution >= 4 is 45.9 Å². The Balaban J connectivity index is 2.52. The van der Waals surface area contributed by atoms with Gasteiger partial charge in [-0.05, 0) is 86.9 Å². The van der Waals surface area contributed by atoms with Crippen molar-refractivity contribution in [2.45, 2.75) is 98.4 Å². The van der Waals surface area contributed by atoms with Crippen LogP contribution in [-0.2, 0) is 35.2 Å². The summed E-state index contributed by atoms with van der Waals surface area (Å²) >= 11 is -5.69. The summed E-state index contributed by atoms with van der Waals surface area (Å²) in [7, 11) is 0. The second-order valence-electron chi connectivity index (χ2n) is 10.9. The van der Waals surface area contributed by atoms with E-state index in [1.165, 1.54) is 38.1 Å². The molecule has 0 spiro atoms. The highest BCUT2D eigenvalue weighted by molar-refractivity contribution is 8.00. The first-order valence-electron chi connectivity index (χ1n) is 14.7. The summed E-state index contributed by atoms with van der Waals surface area (Å²) in [6, 6.07) is 5.42. The van der Waals surface area contributed by atoms with E-state index in [0.29, 0.717) is 0 Å². The molecule has 0 aromatic heterocycles. The summed E-state index contributed by atoms with van der Waals surface area (Å²) in [6.07, 6.45) is -8.72. The topological polar surface area (TPSA) is 55.3 Å². The average molecular weight is 799 g/mol. The van der Waals surface area contributed by atoms with Gasteiger partial charge in [0.2, 0.25) is 11.5 Å². The SMILES string of the molecule is Cc1ccc(Oc2ccc(C)c([S+]([O-])CC(F)(F)F)c2CCCCCSC(F)(F)F)c(CCCCCSC(F)(F)F)c1[S+]([O-])CC(F)(F)F. The van der Waals surface area contributed by atoms with Gasteiger partial charge >= 0.3 is 23.4 Å². The molecule has 0 N–H and O–H groups in total. The Morgan fingerprint density at radius 2 is 0.898 bits per heavy atom. The summed E-state index contributed by atoms with van der Waals surface area (Å²) in [4.78, 5) is -0.396. The van der Waals surface area contributed by atoms with Gasteiger partial charge in [-0.2, -0.15) is 52.7 Å². The Morgan fingerprint density at radius 1 is 0.551 bits per heavy atom. The molecule has 2 unspecified atom stereocenters. The Kier molecular flexibility index (Phi) is 17.0. The van der Waals surface area contributed by atoms with Crippen LogP contribution in [0.2, 0.25) is 0 Å². The second kappa shape index (κ2) is 19.0. The minimum atomic E-state index is -4.82. The number of aryl methyl sites for hydroxylation is 2. The van der Waals surface area contributed by atoms with Gasteiger partial charge in [0.15, 0.2) is 9.79 Å². The minimum Gasteiger partial charge on any atom is -0.611 e. The molecule has 2 aromatic carbocycles. The predicted octanol–water partition coefficient (Wildman–Crippen LogP) is 11.4.